The lowest BCUT2D eigenvalue weighted by atomic mass is 10.2. The van der Waals surface area contributed by atoms with Crippen molar-refractivity contribution >= 4 is 5.97 Å². The highest BCUT2D eigenvalue weighted by Crippen LogP contribution is 2.30. The van der Waals surface area contributed by atoms with Gasteiger partial charge in [0.25, 0.3) is 0 Å². The zero-order valence-electron chi connectivity index (χ0n) is 9.35. The van der Waals surface area contributed by atoms with Crippen molar-refractivity contribution < 1.29 is 9.90 Å². The molecule has 0 aromatic rings. The fraction of sp³-hybridized carbons (Fsp3) is 0.909. The van der Waals surface area contributed by atoms with Gasteiger partial charge in [0.05, 0.1) is 6.54 Å². The van der Waals surface area contributed by atoms with Crippen LogP contribution < -0.4 is 0 Å². The van der Waals surface area contributed by atoms with Crippen molar-refractivity contribution in [2.75, 3.05) is 32.7 Å². The normalized spacial score (nSPS) is 29.3. The fourth-order valence-electron chi connectivity index (χ4n) is 2.31. The molecule has 2 fully saturated rings. The molecule has 2 aliphatic rings. The van der Waals surface area contributed by atoms with Gasteiger partial charge in [-0.05, 0) is 25.7 Å². The van der Waals surface area contributed by atoms with E-state index in [1.54, 1.807) is 0 Å². The molecule has 0 bridgehead atoms. The maximum atomic E-state index is 10.6. The summed E-state index contributed by atoms with van der Waals surface area (Å²) < 4.78 is 0. The molecule has 86 valence electrons. The van der Waals surface area contributed by atoms with Gasteiger partial charge in [0, 0.05) is 32.2 Å². The average molecular weight is 212 g/mol. The predicted molar refractivity (Wildman–Crippen MR) is 57.8 cm³/mol. The molecule has 1 saturated carbocycles. The van der Waals surface area contributed by atoms with Gasteiger partial charge in [-0.3, -0.25) is 9.69 Å². The quantitative estimate of drug-likeness (QED) is 0.736. The summed E-state index contributed by atoms with van der Waals surface area (Å²) >= 11 is 0. The molecular weight excluding hydrogens is 192 g/mol. The second-order valence-electron chi connectivity index (χ2n) is 4.92. The molecule has 1 atom stereocenters. The Morgan fingerprint density at radius 2 is 2.13 bits per heavy atom. The van der Waals surface area contributed by atoms with Gasteiger partial charge in [-0.1, -0.05) is 0 Å². The first kappa shape index (κ1) is 10.9. The molecule has 1 unspecified atom stereocenters. The van der Waals surface area contributed by atoms with Crippen LogP contribution in [0.3, 0.4) is 0 Å². The van der Waals surface area contributed by atoms with Crippen LogP contribution in [0.25, 0.3) is 0 Å². The number of rotatable bonds is 4. The van der Waals surface area contributed by atoms with Crippen LogP contribution in [0.1, 0.15) is 19.8 Å². The molecule has 2 rings (SSSR count). The van der Waals surface area contributed by atoms with Gasteiger partial charge in [-0.25, -0.2) is 0 Å². The Bertz CT molecular complexity index is 241. The SMILES string of the molecule is CC1CN(CC2CC2)CCN1CC(=O)O. The van der Waals surface area contributed by atoms with E-state index < -0.39 is 5.97 Å². The van der Waals surface area contributed by atoms with Gasteiger partial charge in [-0.2, -0.15) is 0 Å². The summed E-state index contributed by atoms with van der Waals surface area (Å²) in [4.78, 5) is 15.2. The maximum Gasteiger partial charge on any atom is 0.317 e. The summed E-state index contributed by atoms with van der Waals surface area (Å²) in [5.41, 5.74) is 0. The first-order valence-electron chi connectivity index (χ1n) is 5.83. The summed E-state index contributed by atoms with van der Waals surface area (Å²) in [5.74, 6) is 0.223. The molecule has 0 amide bonds. The van der Waals surface area contributed by atoms with Crippen LogP contribution in [0.5, 0.6) is 0 Å². The molecule has 1 N–H and O–H groups in total. The highest BCUT2D eigenvalue weighted by atomic mass is 16.4. The van der Waals surface area contributed by atoms with E-state index >= 15 is 0 Å². The predicted octanol–water partition coefficient (Wildman–Crippen LogP) is 0.487. The van der Waals surface area contributed by atoms with Crippen LogP contribution in [-0.4, -0.2) is 59.6 Å². The first-order chi connectivity index (χ1) is 7.15. The molecule has 0 aromatic carbocycles. The minimum Gasteiger partial charge on any atom is -0.480 e. The third kappa shape index (κ3) is 3.18. The minimum atomic E-state index is -0.711. The van der Waals surface area contributed by atoms with Gasteiger partial charge in [0.1, 0.15) is 0 Å². The monoisotopic (exact) mass is 212 g/mol. The number of hydrogen-bond acceptors (Lipinski definition) is 3. The molecule has 4 nitrogen and oxygen atoms in total. The van der Waals surface area contributed by atoms with Crippen molar-refractivity contribution in [2.45, 2.75) is 25.8 Å². The van der Waals surface area contributed by atoms with Gasteiger partial charge in [0.2, 0.25) is 0 Å². The molecule has 1 saturated heterocycles. The van der Waals surface area contributed by atoms with Gasteiger partial charge < -0.3 is 10.0 Å². The highest BCUT2D eigenvalue weighted by Gasteiger charge is 2.29. The Kier molecular flexibility index (Phi) is 3.26. The number of aliphatic carboxylic acids is 1. The average Bonchev–Trinajstić information content (AvgIpc) is 2.93. The molecule has 0 aromatic heterocycles. The number of carboxylic acid groups (broad SMARTS) is 1. The van der Waals surface area contributed by atoms with Crippen molar-refractivity contribution in [1.82, 2.24) is 9.80 Å². The van der Waals surface area contributed by atoms with Crippen LogP contribution in [0, 0.1) is 5.92 Å². The standard InChI is InChI=1S/C11H20N2O2/c1-9-6-12(7-10-2-3-10)4-5-13(9)8-11(14)15/h9-10H,2-8H2,1H3,(H,14,15). The van der Waals surface area contributed by atoms with Crippen molar-refractivity contribution in [3.8, 4) is 0 Å². The lowest BCUT2D eigenvalue weighted by molar-refractivity contribution is -0.139. The third-order valence-electron chi connectivity index (χ3n) is 3.40. The van der Waals surface area contributed by atoms with Crippen LogP contribution in [0.2, 0.25) is 0 Å². The van der Waals surface area contributed by atoms with Crippen LogP contribution in [0.4, 0.5) is 0 Å². The molecule has 0 radical (unpaired) electrons. The van der Waals surface area contributed by atoms with Crippen LogP contribution in [-0.2, 0) is 4.79 Å². The molecular formula is C11H20N2O2. The van der Waals surface area contributed by atoms with Crippen molar-refractivity contribution in [1.29, 1.82) is 0 Å². The molecule has 0 spiro atoms. The van der Waals surface area contributed by atoms with E-state index in [1.165, 1.54) is 19.4 Å². The second kappa shape index (κ2) is 4.49. The molecule has 1 aliphatic heterocycles. The van der Waals surface area contributed by atoms with Crippen molar-refractivity contribution in [2.24, 2.45) is 5.92 Å². The summed E-state index contributed by atoms with van der Waals surface area (Å²) in [6, 6.07) is 0.383. The number of nitrogens with zero attached hydrogens (tertiary/aromatic N) is 2. The second-order valence-corrected chi connectivity index (χ2v) is 4.92. The molecule has 15 heavy (non-hydrogen) atoms. The van der Waals surface area contributed by atoms with Gasteiger partial charge in [0.15, 0.2) is 0 Å². The van der Waals surface area contributed by atoms with E-state index in [9.17, 15) is 4.79 Å². The number of piperazine rings is 1. The smallest absolute Gasteiger partial charge is 0.317 e. The summed E-state index contributed by atoms with van der Waals surface area (Å²) in [6.45, 7) is 6.52. The summed E-state index contributed by atoms with van der Waals surface area (Å²) in [6.07, 6.45) is 2.79. The Balaban J connectivity index is 1.76. The Labute approximate surface area is 90.9 Å². The fourth-order valence-corrected chi connectivity index (χ4v) is 2.31. The van der Waals surface area contributed by atoms with E-state index in [1.807, 2.05) is 0 Å². The largest absolute Gasteiger partial charge is 0.480 e. The zero-order chi connectivity index (χ0) is 10.8. The minimum absolute atomic E-state index is 0.193. The first-order valence-corrected chi connectivity index (χ1v) is 5.83. The maximum absolute atomic E-state index is 10.6. The summed E-state index contributed by atoms with van der Waals surface area (Å²) in [7, 11) is 0. The van der Waals surface area contributed by atoms with Crippen molar-refractivity contribution in [3.05, 3.63) is 0 Å². The molecule has 4 heteroatoms. The van der Waals surface area contributed by atoms with E-state index in [0.717, 1.165) is 25.6 Å². The van der Waals surface area contributed by atoms with E-state index in [2.05, 4.69) is 16.7 Å². The topological polar surface area (TPSA) is 43.8 Å². The zero-order valence-corrected chi connectivity index (χ0v) is 9.35. The van der Waals surface area contributed by atoms with E-state index in [4.69, 9.17) is 5.11 Å². The van der Waals surface area contributed by atoms with Gasteiger partial charge >= 0.3 is 5.97 Å². The van der Waals surface area contributed by atoms with E-state index in [-0.39, 0.29) is 6.54 Å². The van der Waals surface area contributed by atoms with Gasteiger partial charge in [-0.15, -0.1) is 0 Å². The number of carboxylic acids is 1. The Hall–Kier alpha value is -0.610. The number of hydrogen-bond donors (Lipinski definition) is 1. The number of carbonyl (C=O) groups is 1. The lowest BCUT2D eigenvalue weighted by Crippen LogP contribution is -2.53. The molecule has 1 aliphatic carbocycles. The Morgan fingerprint density at radius 3 is 2.67 bits per heavy atom. The van der Waals surface area contributed by atoms with Crippen LogP contribution >= 0.6 is 0 Å². The summed E-state index contributed by atoms with van der Waals surface area (Å²) in [5, 5.41) is 8.75. The third-order valence-corrected chi connectivity index (χ3v) is 3.40. The highest BCUT2D eigenvalue weighted by molar-refractivity contribution is 5.69. The molecule has 1 heterocycles. The Morgan fingerprint density at radius 1 is 1.40 bits per heavy atom. The lowest BCUT2D eigenvalue weighted by Gasteiger charge is -2.39. The van der Waals surface area contributed by atoms with Crippen molar-refractivity contribution in [3.63, 3.8) is 0 Å². The van der Waals surface area contributed by atoms with E-state index in [0.29, 0.717) is 6.04 Å². The van der Waals surface area contributed by atoms with Crippen LogP contribution in [0.15, 0.2) is 0 Å².